The molecule has 1 unspecified atom stereocenters. The van der Waals surface area contributed by atoms with Crippen molar-refractivity contribution in [3.05, 3.63) is 0 Å². The second-order valence-corrected chi connectivity index (χ2v) is 6.07. The zero-order valence-electron chi connectivity index (χ0n) is 14.5. The van der Waals surface area contributed by atoms with Crippen molar-refractivity contribution in [1.82, 2.24) is 5.32 Å². The van der Waals surface area contributed by atoms with Gasteiger partial charge in [-0.1, -0.05) is 0 Å². The number of nitrogens with two attached hydrogens (primary N) is 1. The molecule has 2 heterocycles. The van der Waals surface area contributed by atoms with Gasteiger partial charge in [-0.2, -0.15) is 0 Å². The first-order chi connectivity index (χ1) is 12.2. The topological polar surface area (TPSA) is 287 Å². The highest BCUT2D eigenvalue weighted by Crippen LogP contribution is 2.28. The monoisotopic (exact) mass is 420 g/mol. The normalized spacial score (nSPS) is 43.4. The van der Waals surface area contributed by atoms with E-state index < -0.39 is 80.6 Å². The summed E-state index contributed by atoms with van der Waals surface area (Å²) in [5.41, 5.74) is 4.93. The number of nitrogens with one attached hydrogen (secondary N) is 1. The number of hydrogen-bond donors (Lipinski definition) is 9. The van der Waals surface area contributed by atoms with Crippen LogP contribution in [0.3, 0.4) is 0 Å². The van der Waals surface area contributed by atoms with Gasteiger partial charge >= 0.3 is 6.03 Å². The Bertz CT molecular complexity index is 481. The average Bonchev–Trinajstić information content (AvgIpc) is 2.60. The van der Waals surface area contributed by atoms with Crippen LogP contribution in [0.4, 0.5) is 4.79 Å². The lowest BCUT2D eigenvalue weighted by molar-refractivity contribution is -0.342. The van der Waals surface area contributed by atoms with Crippen LogP contribution in [0.25, 0.3) is 0 Å². The molecule has 0 radical (unpaired) electrons. The van der Waals surface area contributed by atoms with E-state index in [4.69, 9.17) is 25.1 Å². The number of hydrogen-bond acceptors (Lipinski definition) is 11. The predicted molar refractivity (Wildman–Crippen MR) is 86.3 cm³/mol. The molecule has 0 spiro atoms. The highest BCUT2D eigenvalue weighted by Gasteiger charge is 2.50. The minimum Gasteiger partial charge on any atom is -0.412 e. The molecule has 2 rings (SSSR count). The fourth-order valence-electron chi connectivity index (χ4n) is 2.85. The van der Waals surface area contributed by atoms with Crippen molar-refractivity contribution in [2.24, 2.45) is 5.73 Å². The van der Waals surface area contributed by atoms with Crippen LogP contribution in [0.2, 0.25) is 0 Å². The number of amides is 2. The summed E-state index contributed by atoms with van der Waals surface area (Å²) in [5.74, 6) is 0. The third kappa shape index (κ3) is 5.44. The van der Waals surface area contributed by atoms with Gasteiger partial charge in [0.25, 0.3) is 0 Å². The standard InChI is InChI=1S/C13H24N2O11.2H2O/c14-13(23)15-11-8(21)7(20)10(4(2-17)24-11)26-12-9(22)6(19)5(18)3(1-16)25-12;;/h3-12,16-22H,1-2H2,(H3,14,15,23);2*1H2/t3-,4-,5+,6+,7-,8-,9-,10-,11?,12+;;/m1../s1. The summed E-state index contributed by atoms with van der Waals surface area (Å²) in [5, 5.41) is 70.3. The molecule has 168 valence electrons. The molecule has 14 N–H and O–H groups in total. The van der Waals surface area contributed by atoms with Crippen molar-refractivity contribution < 1.29 is 65.7 Å². The first kappa shape index (κ1) is 26.8. The molecule has 28 heavy (non-hydrogen) atoms. The number of carbonyl (C=O) groups is 1. The van der Waals surface area contributed by atoms with E-state index in [1.165, 1.54) is 0 Å². The lowest BCUT2D eigenvalue weighted by Crippen LogP contribution is -2.66. The van der Waals surface area contributed by atoms with Gasteiger partial charge in [0.15, 0.2) is 12.5 Å². The number of rotatable bonds is 5. The summed E-state index contributed by atoms with van der Waals surface area (Å²) >= 11 is 0. The van der Waals surface area contributed by atoms with Crippen LogP contribution in [0.15, 0.2) is 0 Å². The van der Waals surface area contributed by atoms with Crippen LogP contribution >= 0.6 is 0 Å². The van der Waals surface area contributed by atoms with Crippen LogP contribution in [0.5, 0.6) is 0 Å². The van der Waals surface area contributed by atoms with Gasteiger partial charge in [0.05, 0.1) is 13.2 Å². The van der Waals surface area contributed by atoms with Gasteiger partial charge in [-0.3, -0.25) is 0 Å². The molecule has 2 saturated heterocycles. The second-order valence-electron chi connectivity index (χ2n) is 6.07. The Kier molecular flexibility index (Phi) is 10.6. The third-order valence-corrected chi connectivity index (χ3v) is 4.29. The molecular weight excluding hydrogens is 392 g/mol. The van der Waals surface area contributed by atoms with E-state index in [-0.39, 0.29) is 11.0 Å². The van der Waals surface area contributed by atoms with Crippen LogP contribution in [0.1, 0.15) is 0 Å². The zero-order chi connectivity index (χ0) is 19.6. The molecule has 2 aliphatic rings. The van der Waals surface area contributed by atoms with E-state index in [1.807, 2.05) is 5.32 Å². The maximum absolute atomic E-state index is 10.9. The Morgan fingerprint density at radius 3 is 1.93 bits per heavy atom. The summed E-state index contributed by atoms with van der Waals surface area (Å²) in [6.45, 7) is -1.39. The Morgan fingerprint density at radius 1 is 0.857 bits per heavy atom. The summed E-state index contributed by atoms with van der Waals surface area (Å²) < 4.78 is 15.7. The minimum absolute atomic E-state index is 0. The number of carbonyl (C=O) groups excluding carboxylic acids is 1. The van der Waals surface area contributed by atoms with Crippen molar-refractivity contribution >= 4 is 6.03 Å². The Hall–Kier alpha value is -1.21. The lowest BCUT2D eigenvalue weighted by Gasteiger charge is -2.46. The highest BCUT2D eigenvalue weighted by molar-refractivity contribution is 5.71. The van der Waals surface area contributed by atoms with Gasteiger partial charge in [0.2, 0.25) is 0 Å². The van der Waals surface area contributed by atoms with E-state index in [0.29, 0.717) is 0 Å². The summed E-state index contributed by atoms with van der Waals surface area (Å²) in [4.78, 5) is 10.9. The van der Waals surface area contributed by atoms with E-state index in [9.17, 15) is 35.4 Å². The first-order valence-corrected chi connectivity index (χ1v) is 7.85. The fraction of sp³-hybridized carbons (Fsp3) is 0.923. The number of ether oxygens (including phenoxy) is 3. The molecule has 0 saturated carbocycles. The first-order valence-electron chi connectivity index (χ1n) is 7.85. The molecule has 10 atom stereocenters. The molecular formula is C13H28N2O13. The van der Waals surface area contributed by atoms with Crippen molar-refractivity contribution in [1.29, 1.82) is 0 Å². The van der Waals surface area contributed by atoms with Gasteiger partial charge in [-0.05, 0) is 0 Å². The minimum atomic E-state index is -1.75. The number of urea groups is 1. The van der Waals surface area contributed by atoms with Crippen LogP contribution < -0.4 is 11.1 Å². The molecule has 2 fully saturated rings. The van der Waals surface area contributed by atoms with Gasteiger partial charge in [-0.25, -0.2) is 4.79 Å². The van der Waals surface area contributed by atoms with Crippen molar-refractivity contribution in [2.45, 2.75) is 61.3 Å². The van der Waals surface area contributed by atoms with Crippen LogP contribution in [-0.2, 0) is 14.2 Å². The maximum atomic E-state index is 10.9. The summed E-state index contributed by atoms with van der Waals surface area (Å²) in [6.07, 6.45) is -15.5. The smallest absolute Gasteiger partial charge is 0.314 e. The fourth-order valence-corrected chi connectivity index (χ4v) is 2.85. The van der Waals surface area contributed by atoms with Crippen molar-refractivity contribution in [3.8, 4) is 0 Å². The second kappa shape index (κ2) is 11.1. The lowest BCUT2D eigenvalue weighted by atomic mass is 9.96. The average molecular weight is 420 g/mol. The quantitative estimate of drug-likeness (QED) is 0.201. The third-order valence-electron chi connectivity index (χ3n) is 4.29. The Morgan fingerprint density at radius 2 is 1.43 bits per heavy atom. The van der Waals surface area contributed by atoms with Gasteiger partial charge in [0, 0.05) is 0 Å². The SMILES string of the molecule is NC(=O)NC1O[C@H](CO)[C@@H](O[C@@H]2O[C@H](CO)[C@H](O)[C@H](O)[C@H]2O)[C@H](O)[C@H]1O.O.O. The van der Waals surface area contributed by atoms with E-state index in [2.05, 4.69) is 0 Å². The van der Waals surface area contributed by atoms with Crippen LogP contribution in [-0.4, -0.2) is 127 Å². The molecule has 0 aromatic heterocycles. The zero-order valence-corrected chi connectivity index (χ0v) is 14.5. The summed E-state index contributed by atoms with van der Waals surface area (Å²) in [6, 6.07) is -1.04. The van der Waals surface area contributed by atoms with Crippen molar-refractivity contribution in [3.63, 3.8) is 0 Å². The highest BCUT2D eigenvalue weighted by atomic mass is 16.7. The molecule has 0 aliphatic carbocycles. The largest absolute Gasteiger partial charge is 0.412 e. The number of primary amides is 1. The number of aliphatic hydroxyl groups excluding tert-OH is 7. The van der Waals surface area contributed by atoms with Gasteiger partial charge < -0.3 is 72.0 Å². The molecule has 0 bridgehead atoms. The summed E-state index contributed by atoms with van der Waals surface area (Å²) in [7, 11) is 0. The molecule has 0 aromatic carbocycles. The predicted octanol–water partition coefficient (Wildman–Crippen LogP) is -7.37. The van der Waals surface area contributed by atoms with Crippen molar-refractivity contribution in [2.75, 3.05) is 13.2 Å². The molecule has 2 amide bonds. The number of aliphatic hydroxyl groups is 7. The van der Waals surface area contributed by atoms with Gasteiger partial charge in [0.1, 0.15) is 48.8 Å². The Balaban J connectivity index is 0.00000364. The molecule has 15 nitrogen and oxygen atoms in total. The van der Waals surface area contributed by atoms with E-state index in [0.717, 1.165) is 0 Å². The molecule has 0 aromatic rings. The van der Waals surface area contributed by atoms with Crippen LogP contribution in [0, 0.1) is 0 Å². The van der Waals surface area contributed by atoms with E-state index in [1.54, 1.807) is 0 Å². The Labute approximate surface area is 158 Å². The molecule has 2 aliphatic heterocycles. The van der Waals surface area contributed by atoms with E-state index >= 15 is 0 Å². The molecule has 15 heteroatoms. The van der Waals surface area contributed by atoms with Gasteiger partial charge in [-0.15, -0.1) is 0 Å². The maximum Gasteiger partial charge on any atom is 0.314 e.